The second-order valence-electron chi connectivity index (χ2n) is 4.90. The lowest BCUT2D eigenvalue weighted by atomic mass is 9.88. The summed E-state index contributed by atoms with van der Waals surface area (Å²) in [7, 11) is 3.48. The molecule has 4 heteroatoms. The maximum Gasteiger partial charge on any atom is 0.407 e. The molecule has 1 aromatic rings. The molecule has 0 saturated carbocycles. The zero-order valence-corrected chi connectivity index (χ0v) is 10.9. The number of rotatable bonds is 2. The third-order valence-electron chi connectivity index (χ3n) is 3.41. The van der Waals surface area contributed by atoms with Gasteiger partial charge in [-0.15, -0.1) is 0 Å². The highest BCUT2D eigenvalue weighted by Gasteiger charge is 2.27. The monoisotopic (exact) mass is 248 g/mol. The second-order valence-corrected chi connectivity index (χ2v) is 4.90. The van der Waals surface area contributed by atoms with E-state index in [9.17, 15) is 4.79 Å². The number of carbonyl (C=O) groups excluding carboxylic acids is 1. The quantitative estimate of drug-likeness (QED) is 0.868. The third kappa shape index (κ3) is 3.23. The smallest absolute Gasteiger partial charge is 0.407 e. The Hall–Kier alpha value is -1.55. The molecule has 18 heavy (non-hydrogen) atoms. The van der Waals surface area contributed by atoms with Crippen molar-refractivity contribution in [1.29, 1.82) is 0 Å². The van der Waals surface area contributed by atoms with Gasteiger partial charge in [-0.25, -0.2) is 4.79 Å². The molecule has 0 bridgehead atoms. The van der Waals surface area contributed by atoms with Gasteiger partial charge in [0.1, 0.15) is 0 Å². The van der Waals surface area contributed by atoms with Crippen LogP contribution in [0.5, 0.6) is 0 Å². The number of methoxy groups -OCH3 is 1. The fourth-order valence-electron chi connectivity index (χ4n) is 2.62. The van der Waals surface area contributed by atoms with Crippen LogP contribution in [0.25, 0.3) is 0 Å². The van der Waals surface area contributed by atoms with Crippen molar-refractivity contribution in [3.8, 4) is 0 Å². The Labute approximate surface area is 108 Å². The van der Waals surface area contributed by atoms with Gasteiger partial charge in [0, 0.05) is 19.1 Å². The SMILES string of the molecule is COC(=O)NC1CC(c2ccccc2)CN(C)C1. The van der Waals surface area contributed by atoms with Gasteiger partial charge in [0.05, 0.1) is 7.11 Å². The van der Waals surface area contributed by atoms with Crippen LogP contribution in [-0.2, 0) is 4.74 Å². The van der Waals surface area contributed by atoms with Gasteiger partial charge < -0.3 is 15.0 Å². The van der Waals surface area contributed by atoms with E-state index in [1.165, 1.54) is 12.7 Å². The first-order valence-corrected chi connectivity index (χ1v) is 6.27. The number of likely N-dealkylation sites (tertiary alicyclic amines) is 1. The van der Waals surface area contributed by atoms with E-state index in [1.807, 2.05) is 6.07 Å². The molecule has 2 rings (SSSR count). The Morgan fingerprint density at radius 2 is 2.06 bits per heavy atom. The van der Waals surface area contributed by atoms with Crippen LogP contribution in [0.3, 0.4) is 0 Å². The molecule has 1 N–H and O–H groups in total. The highest BCUT2D eigenvalue weighted by atomic mass is 16.5. The fraction of sp³-hybridized carbons (Fsp3) is 0.500. The van der Waals surface area contributed by atoms with Crippen LogP contribution in [0.4, 0.5) is 4.79 Å². The Morgan fingerprint density at radius 1 is 1.33 bits per heavy atom. The van der Waals surface area contributed by atoms with Crippen LogP contribution in [0.15, 0.2) is 30.3 Å². The molecule has 1 fully saturated rings. The molecule has 4 nitrogen and oxygen atoms in total. The Bertz CT molecular complexity index is 394. The Kier molecular flexibility index (Phi) is 4.20. The largest absolute Gasteiger partial charge is 0.453 e. The van der Waals surface area contributed by atoms with Crippen LogP contribution in [-0.4, -0.2) is 44.3 Å². The molecule has 1 aliphatic heterocycles. The van der Waals surface area contributed by atoms with Crippen molar-refractivity contribution in [3.05, 3.63) is 35.9 Å². The predicted octanol–water partition coefficient (Wildman–Crippen LogP) is 1.83. The molecule has 1 saturated heterocycles. The van der Waals surface area contributed by atoms with Crippen molar-refractivity contribution in [1.82, 2.24) is 10.2 Å². The van der Waals surface area contributed by atoms with E-state index < -0.39 is 0 Å². The predicted molar refractivity (Wildman–Crippen MR) is 70.6 cm³/mol. The topological polar surface area (TPSA) is 41.6 Å². The summed E-state index contributed by atoms with van der Waals surface area (Å²) < 4.78 is 4.66. The molecule has 98 valence electrons. The Morgan fingerprint density at radius 3 is 2.72 bits per heavy atom. The van der Waals surface area contributed by atoms with E-state index in [-0.39, 0.29) is 12.1 Å². The number of alkyl carbamates (subject to hydrolysis) is 1. The van der Waals surface area contributed by atoms with Gasteiger partial charge in [-0.3, -0.25) is 0 Å². The number of hydrogen-bond donors (Lipinski definition) is 1. The molecule has 1 amide bonds. The van der Waals surface area contributed by atoms with Gasteiger partial charge in [-0.05, 0) is 24.9 Å². The van der Waals surface area contributed by atoms with Crippen LogP contribution < -0.4 is 5.32 Å². The van der Waals surface area contributed by atoms with E-state index in [1.54, 1.807) is 0 Å². The first-order chi connectivity index (χ1) is 8.69. The van der Waals surface area contributed by atoms with E-state index in [0.29, 0.717) is 5.92 Å². The van der Waals surface area contributed by atoms with E-state index in [0.717, 1.165) is 19.5 Å². The van der Waals surface area contributed by atoms with E-state index in [2.05, 4.69) is 46.3 Å². The van der Waals surface area contributed by atoms with Crippen molar-refractivity contribution < 1.29 is 9.53 Å². The van der Waals surface area contributed by atoms with E-state index >= 15 is 0 Å². The van der Waals surface area contributed by atoms with E-state index in [4.69, 9.17) is 0 Å². The highest BCUT2D eigenvalue weighted by Crippen LogP contribution is 2.26. The van der Waals surface area contributed by atoms with Gasteiger partial charge in [-0.1, -0.05) is 30.3 Å². The summed E-state index contributed by atoms with van der Waals surface area (Å²) in [5, 5.41) is 2.90. The minimum atomic E-state index is -0.345. The molecule has 0 radical (unpaired) electrons. The van der Waals surface area contributed by atoms with Crippen LogP contribution in [0, 0.1) is 0 Å². The van der Waals surface area contributed by atoms with Gasteiger partial charge >= 0.3 is 6.09 Å². The fourth-order valence-corrected chi connectivity index (χ4v) is 2.62. The third-order valence-corrected chi connectivity index (χ3v) is 3.41. The number of carbonyl (C=O) groups is 1. The number of likely N-dealkylation sites (N-methyl/N-ethyl adjacent to an activating group) is 1. The number of amides is 1. The minimum Gasteiger partial charge on any atom is -0.453 e. The molecule has 0 aliphatic carbocycles. The molecular formula is C14H20N2O2. The zero-order chi connectivity index (χ0) is 13.0. The van der Waals surface area contributed by atoms with Crippen molar-refractivity contribution in [2.75, 3.05) is 27.2 Å². The maximum atomic E-state index is 11.3. The summed E-state index contributed by atoms with van der Waals surface area (Å²) in [5.74, 6) is 0.465. The van der Waals surface area contributed by atoms with Gasteiger partial charge in [0.15, 0.2) is 0 Å². The molecule has 0 aromatic heterocycles. The van der Waals surface area contributed by atoms with Crippen molar-refractivity contribution >= 4 is 6.09 Å². The molecule has 0 spiro atoms. The number of nitrogens with zero attached hydrogens (tertiary/aromatic N) is 1. The van der Waals surface area contributed by atoms with Crippen molar-refractivity contribution in [2.45, 2.75) is 18.4 Å². The minimum absolute atomic E-state index is 0.154. The van der Waals surface area contributed by atoms with Gasteiger partial charge in [0.2, 0.25) is 0 Å². The summed E-state index contributed by atoms with van der Waals surface area (Å²) in [6.45, 7) is 1.90. The number of benzene rings is 1. The lowest BCUT2D eigenvalue weighted by Crippen LogP contribution is -2.48. The summed E-state index contributed by atoms with van der Waals surface area (Å²) in [6.07, 6.45) is 0.616. The average molecular weight is 248 g/mol. The number of piperidine rings is 1. The second kappa shape index (κ2) is 5.87. The summed E-state index contributed by atoms with van der Waals surface area (Å²) >= 11 is 0. The van der Waals surface area contributed by atoms with Gasteiger partial charge in [0.25, 0.3) is 0 Å². The lowest BCUT2D eigenvalue weighted by molar-refractivity contribution is 0.150. The molecular weight excluding hydrogens is 228 g/mol. The number of ether oxygens (including phenoxy) is 1. The first-order valence-electron chi connectivity index (χ1n) is 6.27. The van der Waals surface area contributed by atoms with Crippen LogP contribution in [0.2, 0.25) is 0 Å². The summed E-state index contributed by atoms with van der Waals surface area (Å²) in [6, 6.07) is 10.6. The zero-order valence-electron chi connectivity index (χ0n) is 10.9. The summed E-state index contributed by atoms with van der Waals surface area (Å²) in [5.41, 5.74) is 1.33. The molecule has 2 unspecified atom stereocenters. The standard InChI is InChI=1S/C14H20N2O2/c1-16-9-12(11-6-4-3-5-7-11)8-13(10-16)15-14(17)18-2/h3-7,12-13H,8-10H2,1-2H3,(H,15,17). The highest BCUT2D eigenvalue weighted by molar-refractivity contribution is 5.67. The van der Waals surface area contributed by atoms with Crippen molar-refractivity contribution in [3.63, 3.8) is 0 Å². The maximum absolute atomic E-state index is 11.3. The van der Waals surface area contributed by atoms with Crippen LogP contribution in [0.1, 0.15) is 17.9 Å². The van der Waals surface area contributed by atoms with Crippen LogP contribution >= 0.6 is 0 Å². The average Bonchev–Trinajstić information content (AvgIpc) is 2.39. The van der Waals surface area contributed by atoms with Crippen molar-refractivity contribution in [2.24, 2.45) is 0 Å². The molecule has 1 aromatic carbocycles. The molecule has 1 aliphatic rings. The normalized spacial score (nSPS) is 24.6. The molecule has 2 atom stereocenters. The number of hydrogen-bond acceptors (Lipinski definition) is 3. The summed E-state index contributed by atoms with van der Waals surface area (Å²) in [4.78, 5) is 13.5. The first kappa shape index (κ1) is 12.9. The van der Waals surface area contributed by atoms with Gasteiger partial charge in [-0.2, -0.15) is 0 Å². The Balaban J connectivity index is 2.03. The number of nitrogens with one attached hydrogen (secondary N) is 1. The molecule has 1 heterocycles. The lowest BCUT2D eigenvalue weighted by Gasteiger charge is -2.36.